The van der Waals surface area contributed by atoms with Crippen LogP contribution in [0.1, 0.15) is 0 Å². The van der Waals surface area contributed by atoms with Crippen LogP contribution in [0.15, 0.2) is 65.6 Å². The van der Waals surface area contributed by atoms with Gasteiger partial charge in [0, 0.05) is 5.02 Å². The van der Waals surface area contributed by atoms with E-state index in [0.717, 1.165) is 22.3 Å². The van der Waals surface area contributed by atoms with Gasteiger partial charge >= 0.3 is 0 Å². The van der Waals surface area contributed by atoms with E-state index >= 15 is 0 Å². The first-order chi connectivity index (χ1) is 12.4. The van der Waals surface area contributed by atoms with Crippen LogP contribution in [-0.4, -0.2) is 15.2 Å². The van der Waals surface area contributed by atoms with E-state index in [1.54, 1.807) is 12.1 Å². The molecule has 132 valence electrons. The molecule has 2 N–H and O–H groups in total. The van der Waals surface area contributed by atoms with E-state index in [-0.39, 0.29) is 11.7 Å². The Balaban J connectivity index is 1.88. The van der Waals surface area contributed by atoms with Gasteiger partial charge in [-0.2, -0.15) is 0 Å². The van der Waals surface area contributed by atoms with Gasteiger partial charge in [-0.3, -0.25) is 0 Å². The lowest BCUT2D eigenvalue weighted by atomic mass is 9.94. The summed E-state index contributed by atoms with van der Waals surface area (Å²) < 4.78 is 34.0. The first-order valence-electron chi connectivity index (χ1n) is 7.75. The number of primary sulfonamides is 1. The predicted octanol–water partition coefficient (Wildman–Crippen LogP) is 4.05. The van der Waals surface area contributed by atoms with E-state index in [0.29, 0.717) is 16.5 Å². The van der Waals surface area contributed by atoms with Crippen molar-refractivity contribution in [1.29, 1.82) is 0 Å². The summed E-state index contributed by atoms with van der Waals surface area (Å²) in [5.41, 5.74) is 3.60. The number of ether oxygens (including phenoxy) is 2. The molecule has 0 atom stereocenters. The van der Waals surface area contributed by atoms with Crippen molar-refractivity contribution in [1.82, 2.24) is 0 Å². The average Bonchev–Trinajstić information content (AvgIpc) is 3.08. The maximum atomic E-state index is 11.5. The zero-order chi connectivity index (χ0) is 18.3. The number of hydrogen-bond acceptors (Lipinski definition) is 4. The molecule has 0 amide bonds. The summed E-state index contributed by atoms with van der Waals surface area (Å²) in [7, 11) is -3.74. The summed E-state index contributed by atoms with van der Waals surface area (Å²) in [5, 5.41) is 5.82. The summed E-state index contributed by atoms with van der Waals surface area (Å²) in [4.78, 5) is 0.0648. The van der Waals surface area contributed by atoms with Crippen molar-refractivity contribution in [2.45, 2.75) is 4.90 Å². The van der Waals surface area contributed by atoms with Gasteiger partial charge in [0.15, 0.2) is 11.5 Å². The van der Waals surface area contributed by atoms with E-state index in [9.17, 15) is 8.42 Å². The molecule has 0 saturated carbocycles. The number of hydrogen-bond donors (Lipinski definition) is 1. The maximum absolute atomic E-state index is 11.5. The summed E-state index contributed by atoms with van der Waals surface area (Å²) in [6, 6.07) is 17.7. The quantitative estimate of drug-likeness (QED) is 0.735. The molecule has 0 saturated heterocycles. The molecule has 0 unspecified atom stereocenters. The Hall–Kier alpha value is -2.54. The number of halogens is 1. The van der Waals surface area contributed by atoms with Crippen molar-refractivity contribution in [3.05, 3.63) is 65.7 Å². The van der Waals surface area contributed by atoms with Gasteiger partial charge in [0.25, 0.3) is 0 Å². The van der Waals surface area contributed by atoms with Crippen LogP contribution < -0.4 is 14.6 Å². The van der Waals surface area contributed by atoms with Gasteiger partial charge in [-0.15, -0.1) is 0 Å². The lowest BCUT2D eigenvalue weighted by molar-refractivity contribution is 0.174. The molecule has 1 heterocycles. The highest BCUT2D eigenvalue weighted by molar-refractivity contribution is 7.89. The molecule has 1 aliphatic heterocycles. The molecule has 26 heavy (non-hydrogen) atoms. The smallest absolute Gasteiger partial charge is 0.238 e. The van der Waals surface area contributed by atoms with Crippen LogP contribution in [0.4, 0.5) is 0 Å². The lowest BCUT2D eigenvalue weighted by Gasteiger charge is -2.12. The van der Waals surface area contributed by atoms with E-state index in [4.69, 9.17) is 26.2 Å². The zero-order valence-corrected chi connectivity index (χ0v) is 15.0. The summed E-state index contributed by atoms with van der Waals surface area (Å²) in [6.07, 6.45) is 0. The van der Waals surface area contributed by atoms with Crippen molar-refractivity contribution in [3.8, 4) is 33.8 Å². The van der Waals surface area contributed by atoms with Gasteiger partial charge < -0.3 is 9.47 Å². The Bertz CT molecular complexity index is 1080. The Morgan fingerprint density at radius 2 is 1.27 bits per heavy atom. The van der Waals surface area contributed by atoms with E-state index in [1.165, 1.54) is 12.1 Å². The van der Waals surface area contributed by atoms with E-state index < -0.39 is 10.0 Å². The molecule has 3 aromatic rings. The molecule has 0 aliphatic carbocycles. The predicted molar refractivity (Wildman–Crippen MR) is 99.8 cm³/mol. The van der Waals surface area contributed by atoms with Crippen molar-refractivity contribution < 1.29 is 17.9 Å². The Morgan fingerprint density at radius 3 is 1.73 bits per heavy atom. The van der Waals surface area contributed by atoms with Crippen molar-refractivity contribution in [2.24, 2.45) is 5.14 Å². The number of benzene rings is 3. The minimum atomic E-state index is -3.74. The molecular formula is C19H14ClNO4S. The third-order valence-electron chi connectivity index (χ3n) is 4.16. The van der Waals surface area contributed by atoms with Crippen LogP contribution in [0.5, 0.6) is 11.5 Å². The largest absolute Gasteiger partial charge is 0.454 e. The SMILES string of the molecule is NS(=O)(=O)c1ccc(-c2cc3c(cc2-c2ccc(Cl)cc2)OCO3)cc1. The molecule has 0 spiro atoms. The van der Waals surface area contributed by atoms with Gasteiger partial charge in [-0.1, -0.05) is 35.9 Å². The Labute approximate surface area is 156 Å². The fourth-order valence-corrected chi connectivity index (χ4v) is 3.51. The summed E-state index contributed by atoms with van der Waals surface area (Å²) in [6.45, 7) is 0.170. The highest BCUT2D eigenvalue weighted by Gasteiger charge is 2.19. The molecule has 0 bridgehead atoms. The third kappa shape index (κ3) is 3.14. The zero-order valence-electron chi connectivity index (χ0n) is 13.5. The maximum Gasteiger partial charge on any atom is 0.238 e. The minimum Gasteiger partial charge on any atom is -0.454 e. The molecule has 0 radical (unpaired) electrons. The fraction of sp³-hybridized carbons (Fsp3) is 0.0526. The van der Waals surface area contributed by atoms with Crippen LogP contribution in [0.3, 0.4) is 0 Å². The number of sulfonamides is 1. The van der Waals surface area contributed by atoms with Crippen molar-refractivity contribution in [2.75, 3.05) is 6.79 Å². The normalized spacial score (nSPS) is 13.0. The average molecular weight is 388 g/mol. The fourth-order valence-electron chi connectivity index (χ4n) is 2.87. The second kappa shape index (κ2) is 6.32. The molecule has 1 aliphatic rings. The standard InChI is InChI=1S/C19H14ClNO4S/c20-14-5-1-12(2-6-14)16-9-18-19(25-11-24-18)10-17(16)13-3-7-15(8-4-13)26(21,22)23/h1-10H,11H2,(H2,21,22,23). The lowest BCUT2D eigenvalue weighted by Crippen LogP contribution is -2.11. The summed E-state index contributed by atoms with van der Waals surface area (Å²) in [5.74, 6) is 1.31. The molecular weight excluding hydrogens is 374 g/mol. The highest BCUT2D eigenvalue weighted by atomic mass is 35.5. The van der Waals surface area contributed by atoms with Gasteiger partial charge in [0.1, 0.15) is 0 Å². The number of rotatable bonds is 3. The molecule has 0 aromatic heterocycles. The van der Waals surface area contributed by atoms with Gasteiger partial charge in [0.05, 0.1) is 4.90 Å². The number of nitrogens with two attached hydrogens (primary N) is 1. The topological polar surface area (TPSA) is 78.6 Å². The van der Waals surface area contributed by atoms with Crippen molar-refractivity contribution >= 4 is 21.6 Å². The van der Waals surface area contributed by atoms with E-state index in [1.807, 2.05) is 36.4 Å². The number of fused-ring (bicyclic) bond motifs is 1. The van der Waals surface area contributed by atoms with E-state index in [2.05, 4.69) is 0 Å². The first-order valence-corrected chi connectivity index (χ1v) is 9.67. The minimum absolute atomic E-state index is 0.0648. The van der Waals surface area contributed by atoms with Crippen LogP contribution in [0.2, 0.25) is 5.02 Å². The molecule has 4 rings (SSSR count). The van der Waals surface area contributed by atoms with Crippen LogP contribution >= 0.6 is 11.6 Å². The van der Waals surface area contributed by atoms with Gasteiger partial charge in [-0.25, -0.2) is 13.6 Å². The second-order valence-corrected chi connectivity index (χ2v) is 7.83. The van der Waals surface area contributed by atoms with Crippen LogP contribution in [-0.2, 0) is 10.0 Å². The molecule has 5 nitrogen and oxygen atoms in total. The molecule has 0 fully saturated rings. The summed E-state index contributed by atoms with van der Waals surface area (Å²) >= 11 is 6.00. The van der Waals surface area contributed by atoms with Crippen molar-refractivity contribution in [3.63, 3.8) is 0 Å². The van der Waals surface area contributed by atoms with Crippen LogP contribution in [0.25, 0.3) is 22.3 Å². The van der Waals surface area contributed by atoms with Gasteiger partial charge in [-0.05, 0) is 58.7 Å². The highest BCUT2D eigenvalue weighted by Crippen LogP contribution is 2.43. The van der Waals surface area contributed by atoms with Crippen LogP contribution in [0, 0.1) is 0 Å². The Kier molecular flexibility index (Phi) is 4.11. The monoisotopic (exact) mass is 387 g/mol. The molecule has 7 heteroatoms. The molecule has 3 aromatic carbocycles. The first kappa shape index (κ1) is 16.9. The third-order valence-corrected chi connectivity index (χ3v) is 5.34. The second-order valence-electron chi connectivity index (χ2n) is 5.83. The van der Waals surface area contributed by atoms with Gasteiger partial charge in [0.2, 0.25) is 16.8 Å². The Morgan fingerprint density at radius 1 is 0.808 bits per heavy atom.